The van der Waals surface area contributed by atoms with Crippen LogP contribution in [0.1, 0.15) is 5.76 Å². The fraction of sp³-hybridized carbons (Fsp3) is 0.0667. The van der Waals surface area contributed by atoms with Crippen molar-refractivity contribution in [1.29, 1.82) is 0 Å². The molecular formula is C15H12BrNOS. The maximum atomic E-state index is 5.49. The fourth-order valence-electron chi connectivity index (χ4n) is 1.91. The smallest absolute Gasteiger partial charge is 0.169 e. The molecule has 0 spiro atoms. The summed E-state index contributed by atoms with van der Waals surface area (Å²) in [4.78, 5) is 1.27. The number of hydrogen-bond donors (Lipinski definition) is 1. The molecule has 0 saturated heterocycles. The van der Waals surface area contributed by atoms with Gasteiger partial charge in [0.2, 0.25) is 0 Å². The molecule has 0 aliphatic heterocycles. The van der Waals surface area contributed by atoms with E-state index in [9.17, 15) is 0 Å². The normalized spacial score (nSPS) is 10.6. The zero-order chi connectivity index (χ0) is 13.1. The molecule has 0 atom stereocenters. The molecule has 2 nitrogen and oxygen atoms in total. The van der Waals surface area contributed by atoms with Crippen LogP contribution in [0.25, 0.3) is 10.4 Å². The maximum absolute atomic E-state index is 5.49. The van der Waals surface area contributed by atoms with Gasteiger partial charge in [-0.2, -0.15) is 0 Å². The van der Waals surface area contributed by atoms with E-state index in [1.807, 2.05) is 18.2 Å². The van der Waals surface area contributed by atoms with Gasteiger partial charge in [-0.1, -0.05) is 24.3 Å². The van der Waals surface area contributed by atoms with Gasteiger partial charge < -0.3 is 9.73 Å². The third-order valence-corrected chi connectivity index (χ3v) is 4.12. The number of hydrogen-bond acceptors (Lipinski definition) is 3. The summed E-state index contributed by atoms with van der Waals surface area (Å²) in [5, 5.41) is 5.52. The number of rotatable bonds is 4. The van der Waals surface area contributed by atoms with Gasteiger partial charge in [0.15, 0.2) is 4.67 Å². The standard InChI is InChI=1S/C15H12BrNOS/c16-15-8-7-11(18-15)10-17-13-5-2-1-4-12(13)14-6-3-9-19-14/h1-9,17H,10H2. The van der Waals surface area contributed by atoms with E-state index in [2.05, 4.69) is 57.0 Å². The number of nitrogens with one attached hydrogen (secondary N) is 1. The number of benzene rings is 1. The highest BCUT2D eigenvalue weighted by atomic mass is 79.9. The number of anilines is 1. The van der Waals surface area contributed by atoms with Gasteiger partial charge in [0, 0.05) is 16.1 Å². The van der Waals surface area contributed by atoms with Crippen LogP contribution in [0.3, 0.4) is 0 Å². The quantitative estimate of drug-likeness (QED) is 0.693. The van der Waals surface area contributed by atoms with Crippen molar-refractivity contribution in [2.24, 2.45) is 0 Å². The third-order valence-electron chi connectivity index (χ3n) is 2.80. The molecule has 0 radical (unpaired) electrons. The van der Waals surface area contributed by atoms with Crippen LogP contribution in [-0.4, -0.2) is 0 Å². The molecule has 3 aromatic rings. The molecule has 0 saturated carbocycles. The molecule has 2 aromatic heterocycles. The molecule has 0 aliphatic rings. The van der Waals surface area contributed by atoms with Crippen molar-refractivity contribution in [2.75, 3.05) is 5.32 Å². The molecule has 2 heterocycles. The Labute approximate surface area is 124 Å². The number of thiophene rings is 1. The highest BCUT2D eigenvalue weighted by Crippen LogP contribution is 2.31. The molecule has 0 fully saturated rings. The summed E-state index contributed by atoms with van der Waals surface area (Å²) >= 11 is 5.06. The second-order valence-electron chi connectivity index (χ2n) is 4.08. The summed E-state index contributed by atoms with van der Waals surface area (Å²) in [7, 11) is 0. The predicted molar refractivity (Wildman–Crippen MR) is 83.5 cm³/mol. The summed E-state index contributed by atoms with van der Waals surface area (Å²) in [6, 6.07) is 16.4. The van der Waals surface area contributed by atoms with Gasteiger partial charge in [-0.05, 0) is 45.6 Å². The first-order valence-electron chi connectivity index (χ1n) is 5.94. The zero-order valence-electron chi connectivity index (χ0n) is 10.1. The van der Waals surface area contributed by atoms with Crippen molar-refractivity contribution in [3.05, 3.63) is 64.3 Å². The first-order chi connectivity index (χ1) is 9.33. The fourth-order valence-corrected chi connectivity index (χ4v) is 3.02. The Morgan fingerprint density at radius 3 is 2.68 bits per heavy atom. The van der Waals surface area contributed by atoms with E-state index in [1.165, 1.54) is 10.4 Å². The van der Waals surface area contributed by atoms with E-state index in [-0.39, 0.29) is 0 Å². The van der Waals surface area contributed by atoms with Crippen molar-refractivity contribution in [3.63, 3.8) is 0 Å². The second kappa shape index (κ2) is 5.63. The Kier molecular flexibility index (Phi) is 3.71. The van der Waals surface area contributed by atoms with E-state index >= 15 is 0 Å². The van der Waals surface area contributed by atoms with E-state index in [4.69, 9.17) is 4.42 Å². The summed E-state index contributed by atoms with van der Waals surface area (Å²) in [5.41, 5.74) is 2.35. The molecule has 4 heteroatoms. The molecule has 1 aromatic carbocycles. The highest BCUT2D eigenvalue weighted by molar-refractivity contribution is 9.10. The summed E-state index contributed by atoms with van der Waals surface area (Å²) < 4.78 is 6.25. The molecule has 19 heavy (non-hydrogen) atoms. The van der Waals surface area contributed by atoms with Crippen molar-refractivity contribution in [1.82, 2.24) is 0 Å². The van der Waals surface area contributed by atoms with Gasteiger partial charge in [-0.15, -0.1) is 11.3 Å². The van der Waals surface area contributed by atoms with Crippen molar-refractivity contribution in [2.45, 2.75) is 6.54 Å². The van der Waals surface area contributed by atoms with Gasteiger partial charge in [0.05, 0.1) is 6.54 Å². The van der Waals surface area contributed by atoms with Crippen molar-refractivity contribution >= 4 is 33.0 Å². The highest BCUT2D eigenvalue weighted by Gasteiger charge is 2.06. The van der Waals surface area contributed by atoms with Crippen LogP contribution in [0.4, 0.5) is 5.69 Å². The maximum Gasteiger partial charge on any atom is 0.169 e. The van der Waals surface area contributed by atoms with E-state index in [0.29, 0.717) is 6.54 Å². The lowest BCUT2D eigenvalue weighted by Crippen LogP contribution is -1.99. The minimum absolute atomic E-state index is 0.675. The second-order valence-corrected chi connectivity index (χ2v) is 5.81. The van der Waals surface area contributed by atoms with Crippen LogP contribution in [0.5, 0.6) is 0 Å². The summed E-state index contributed by atoms with van der Waals surface area (Å²) in [5.74, 6) is 0.910. The largest absolute Gasteiger partial charge is 0.452 e. The number of halogens is 1. The molecule has 0 amide bonds. The Bertz CT molecular complexity index is 660. The first kappa shape index (κ1) is 12.5. The van der Waals surface area contributed by atoms with Crippen molar-refractivity contribution in [3.8, 4) is 10.4 Å². The van der Waals surface area contributed by atoms with Crippen LogP contribution in [-0.2, 0) is 6.54 Å². The molecule has 3 rings (SSSR count). The Morgan fingerprint density at radius 1 is 1.05 bits per heavy atom. The number of para-hydroxylation sites is 1. The van der Waals surface area contributed by atoms with Gasteiger partial charge in [-0.25, -0.2) is 0 Å². The minimum atomic E-state index is 0.675. The van der Waals surface area contributed by atoms with Crippen LogP contribution in [0.2, 0.25) is 0 Å². The van der Waals surface area contributed by atoms with Crippen LogP contribution >= 0.6 is 27.3 Å². The summed E-state index contributed by atoms with van der Waals surface area (Å²) in [6.07, 6.45) is 0. The van der Waals surface area contributed by atoms with Crippen LogP contribution in [0.15, 0.2) is 63.0 Å². The Morgan fingerprint density at radius 2 is 1.95 bits per heavy atom. The van der Waals surface area contributed by atoms with E-state index in [1.54, 1.807) is 11.3 Å². The van der Waals surface area contributed by atoms with Gasteiger partial charge >= 0.3 is 0 Å². The van der Waals surface area contributed by atoms with E-state index < -0.39 is 0 Å². The lowest BCUT2D eigenvalue weighted by molar-refractivity contribution is 0.495. The lowest BCUT2D eigenvalue weighted by atomic mass is 10.1. The Hall–Kier alpha value is -1.52. The van der Waals surface area contributed by atoms with E-state index in [0.717, 1.165) is 16.1 Å². The van der Waals surface area contributed by atoms with Gasteiger partial charge in [0.25, 0.3) is 0 Å². The molecule has 1 N–H and O–H groups in total. The molecule has 0 bridgehead atoms. The first-order valence-corrected chi connectivity index (χ1v) is 7.61. The molecule has 0 unspecified atom stereocenters. The lowest BCUT2D eigenvalue weighted by Gasteiger charge is -2.09. The summed E-state index contributed by atoms with van der Waals surface area (Å²) in [6.45, 7) is 0.675. The van der Waals surface area contributed by atoms with Crippen LogP contribution < -0.4 is 5.32 Å². The predicted octanol–water partition coefficient (Wildman–Crippen LogP) is 5.38. The SMILES string of the molecule is Brc1ccc(CNc2ccccc2-c2cccs2)o1. The zero-order valence-corrected chi connectivity index (χ0v) is 12.5. The van der Waals surface area contributed by atoms with Gasteiger partial charge in [0.1, 0.15) is 5.76 Å². The topological polar surface area (TPSA) is 25.2 Å². The molecule has 96 valence electrons. The Balaban J connectivity index is 1.81. The average molecular weight is 334 g/mol. The number of furan rings is 1. The minimum Gasteiger partial charge on any atom is -0.452 e. The third kappa shape index (κ3) is 2.91. The monoisotopic (exact) mass is 333 g/mol. The van der Waals surface area contributed by atoms with Crippen molar-refractivity contribution < 1.29 is 4.42 Å². The van der Waals surface area contributed by atoms with Crippen LogP contribution in [0, 0.1) is 0 Å². The molecule has 0 aliphatic carbocycles. The average Bonchev–Trinajstić information content (AvgIpc) is 3.08. The molecular weight excluding hydrogens is 322 g/mol. The van der Waals surface area contributed by atoms with Gasteiger partial charge in [-0.3, -0.25) is 0 Å².